The molecule has 0 aliphatic carbocycles. The van der Waals surface area contributed by atoms with E-state index >= 15 is 0 Å². The Balaban J connectivity index is 1.97. The summed E-state index contributed by atoms with van der Waals surface area (Å²) in [5.41, 5.74) is 7.43. The van der Waals surface area contributed by atoms with Gasteiger partial charge in [-0.25, -0.2) is 22.4 Å². The van der Waals surface area contributed by atoms with Crippen LogP contribution in [0, 0.1) is 0 Å². The number of benzene rings is 2. The Labute approximate surface area is 170 Å². The van der Waals surface area contributed by atoms with Crippen LogP contribution in [0.25, 0.3) is 22.2 Å². The molecule has 142 valence electrons. The molecule has 9 heteroatoms. The number of aromatic nitrogens is 3. The first-order chi connectivity index (χ1) is 13.4. The summed E-state index contributed by atoms with van der Waals surface area (Å²) in [6.07, 6.45) is 3.09. The average molecular weight is 459 g/mol. The van der Waals surface area contributed by atoms with Crippen molar-refractivity contribution in [2.45, 2.75) is 4.90 Å². The number of hydrogen-bond donors (Lipinski definition) is 1. The van der Waals surface area contributed by atoms with Crippen molar-refractivity contribution in [3.05, 3.63) is 65.4 Å². The molecule has 0 saturated heterocycles. The van der Waals surface area contributed by atoms with E-state index in [4.69, 9.17) is 10.5 Å². The molecule has 0 aliphatic heterocycles. The minimum Gasteiger partial charge on any atom is -0.497 e. The van der Waals surface area contributed by atoms with Crippen molar-refractivity contribution in [2.75, 3.05) is 12.8 Å². The van der Waals surface area contributed by atoms with Crippen molar-refractivity contribution in [2.24, 2.45) is 0 Å². The molecule has 0 radical (unpaired) electrons. The van der Waals surface area contributed by atoms with Gasteiger partial charge in [-0.15, -0.1) is 0 Å². The van der Waals surface area contributed by atoms with Gasteiger partial charge in [0.2, 0.25) is 5.95 Å². The van der Waals surface area contributed by atoms with Crippen molar-refractivity contribution in [1.29, 1.82) is 0 Å². The Morgan fingerprint density at radius 2 is 1.86 bits per heavy atom. The number of methoxy groups -OCH3 is 1. The highest BCUT2D eigenvalue weighted by Gasteiger charge is 2.22. The first kappa shape index (κ1) is 18.5. The molecule has 4 rings (SSSR count). The molecular formula is C19H15BrN4O3S. The molecule has 4 aromatic rings. The molecule has 28 heavy (non-hydrogen) atoms. The average Bonchev–Trinajstić information content (AvgIpc) is 3.07. The lowest BCUT2D eigenvalue weighted by Crippen LogP contribution is -2.11. The summed E-state index contributed by atoms with van der Waals surface area (Å²) in [6, 6.07) is 13.3. The molecule has 2 N–H and O–H groups in total. The molecule has 2 aromatic carbocycles. The van der Waals surface area contributed by atoms with Gasteiger partial charge in [0.05, 0.1) is 23.2 Å². The fraction of sp³-hybridized carbons (Fsp3) is 0.0526. The van der Waals surface area contributed by atoms with Crippen LogP contribution in [0.4, 0.5) is 5.95 Å². The standard InChI is InChI=1S/C19H15BrN4O3S/c1-27-13-3-5-14(6-4-13)28(25,26)24-11-16(17-8-9-22-19(21)23-17)15-10-12(20)2-7-18(15)24/h2-11H,1H3,(H2,21,22,23). The van der Waals surface area contributed by atoms with Gasteiger partial charge in [-0.05, 0) is 48.5 Å². The summed E-state index contributed by atoms with van der Waals surface area (Å²) in [6.45, 7) is 0. The van der Waals surface area contributed by atoms with Crippen molar-refractivity contribution in [1.82, 2.24) is 13.9 Å². The van der Waals surface area contributed by atoms with Gasteiger partial charge in [0.1, 0.15) is 5.75 Å². The highest BCUT2D eigenvalue weighted by molar-refractivity contribution is 9.10. The van der Waals surface area contributed by atoms with Crippen LogP contribution in [-0.2, 0) is 10.0 Å². The van der Waals surface area contributed by atoms with Crippen LogP contribution >= 0.6 is 15.9 Å². The molecule has 0 aliphatic rings. The van der Waals surface area contributed by atoms with E-state index in [1.54, 1.807) is 36.5 Å². The van der Waals surface area contributed by atoms with Crippen LogP contribution in [0.2, 0.25) is 0 Å². The van der Waals surface area contributed by atoms with Gasteiger partial charge in [0.25, 0.3) is 10.0 Å². The van der Waals surface area contributed by atoms with Crippen LogP contribution in [0.3, 0.4) is 0 Å². The summed E-state index contributed by atoms with van der Waals surface area (Å²) in [7, 11) is -2.30. The summed E-state index contributed by atoms with van der Waals surface area (Å²) in [4.78, 5) is 8.30. The molecule has 0 unspecified atom stereocenters. The zero-order valence-corrected chi connectivity index (χ0v) is 17.1. The van der Waals surface area contributed by atoms with Gasteiger partial charge in [-0.2, -0.15) is 0 Å². The molecule has 7 nitrogen and oxygen atoms in total. The molecule has 0 amide bonds. The van der Waals surface area contributed by atoms with E-state index < -0.39 is 10.0 Å². The maximum atomic E-state index is 13.3. The third-order valence-corrected chi connectivity index (χ3v) is 6.48. The van der Waals surface area contributed by atoms with E-state index in [1.165, 1.54) is 29.4 Å². The Hall–Kier alpha value is -2.91. The number of nitrogen functional groups attached to an aromatic ring is 1. The second-order valence-electron chi connectivity index (χ2n) is 5.98. The third kappa shape index (κ3) is 3.12. The lowest BCUT2D eigenvalue weighted by molar-refractivity contribution is 0.414. The monoisotopic (exact) mass is 458 g/mol. The van der Waals surface area contributed by atoms with E-state index in [0.717, 1.165) is 9.86 Å². The van der Waals surface area contributed by atoms with E-state index in [-0.39, 0.29) is 10.8 Å². The number of anilines is 1. The third-order valence-electron chi connectivity index (χ3n) is 4.30. The predicted octanol–water partition coefficient (Wildman–Crippen LogP) is 3.69. The molecule has 0 atom stereocenters. The van der Waals surface area contributed by atoms with Crippen molar-refractivity contribution in [3.8, 4) is 17.0 Å². The largest absolute Gasteiger partial charge is 0.497 e. The molecule has 0 fully saturated rings. The summed E-state index contributed by atoms with van der Waals surface area (Å²) in [5, 5.41) is 0.726. The number of rotatable bonds is 4. The van der Waals surface area contributed by atoms with Crippen LogP contribution in [-0.4, -0.2) is 29.5 Å². The van der Waals surface area contributed by atoms with Gasteiger partial charge >= 0.3 is 0 Å². The second kappa shape index (κ2) is 6.92. The van der Waals surface area contributed by atoms with E-state index in [1.807, 2.05) is 6.07 Å². The SMILES string of the molecule is COc1ccc(S(=O)(=O)n2cc(-c3ccnc(N)n3)c3cc(Br)ccc32)cc1. The van der Waals surface area contributed by atoms with Gasteiger partial charge in [-0.3, -0.25) is 0 Å². The minimum absolute atomic E-state index is 0.117. The highest BCUT2D eigenvalue weighted by atomic mass is 79.9. The molecule has 2 aromatic heterocycles. The van der Waals surface area contributed by atoms with Crippen LogP contribution in [0.15, 0.2) is 70.3 Å². The molecule has 0 bridgehead atoms. The van der Waals surface area contributed by atoms with Crippen molar-refractivity contribution >= 4 is 42.8 Å². The normalized spacial score (nSPS) is 11.6. The van der Waals surface area contributed by atoms with Gasteiger partial charge in [-0.1, -0.05) is 15.9 Å². The summed E-state index contributed by atoms with van der Waals surface area (Å²) >= 11 is 3.44. The van der Waals surface area contributed by atoms with Crippen LogP contribution < -0.4 is 10.5 Å². The Kier molecular flexibility index (Phi) is 4.56. The summed E-state index contributed by atoms with van der Waals surface area (Å²) < 4.78 is 33.8. The second-order valence-corrected chi connectivity index (χ2v) is 8.71. The molecule has 2 heterocycles. The Morgan fingerprint density at radius 3 is 2.54 bits per heavy atom. The number of ether oxygens (including phenoxy) is 1. The lowest BCUT2D eigenvalue weighted by Gasteiger charge is -2.08. The maximum Gasteiger partial charge on any atom is 0.268 e. The smallest absolute Gasteiger partial charge is 0.268 e. The Morgan fingerprint density at radius 1 is 1.11 bits per heavy atom. The first-order valence-electron chi connectivity index (χ1n) is 8.19. The van der Waals surface area contributed by atoms with E-state index in [0.29, 0.717) is 22.5 Å². The number of halogens is 1. The minimum atomic E-state index is -3.83. The molecule has 0 spiro atoms. The molecule has 0 saturated carbocycles. The quantitative estimate of drug-likeness (QED) is 0.500. The van der Waals surface area contributed by atoms with Crippen molar-refractivity contribution in [3.63, 3.8) is 0 Å². The Bertz CT molecular complexity index is 1280. The van der Waals surface area contributed by atoms with Crippen LogP contribution in [0.5, 0.6) is 5.75 Å². The zero-order chi connectivity index (χ0) is 19.9. The summed E-state index contributed by atoms with van der Waals surface area (Å²) in [5.74, 6) is 0.698. The zero-order valence-electron chi connectivity index (χ0n) is 14.7. The van der Waals surface area contributed by atoms with Gasteiger partial charge in [0.15, 0.2) is 0 Å². The molecular weight excluding hydrogens is 444 g/mol. The fourth-order valence-corrected chi connectivity index (χ4v) is 4.69. The van der Waals surface area contributed by atoms with Crippen LogP contribution in [0.1, 0.15) is 0 Å². The lowest BCUT2D eigenvalue weighted by atomic mass is 10.1. The maximum absolute atomic E-state index is 13.3. The highest BCUT2D eigenvalue weighted by Crippen LogP contribution is 2.34. The van der Waals surface area contributed by atoms with E-state index in [9.17, 15) is 8.42 Å². The number of fused-ring (bicyclic) bond motifs is 1. The van der Waals surface area contributed by atoms with E-state index in [2.05, 4.69) is 25.9 Å². The van der Waals surface area contributed by atoms with Gasteiger partial charge < -0.3 is 10.5 Å². The predicted molar refractivity (Wildman–Crippen MR) is 111 cm³/mol. The number of nitrogens with two attached hydrogens (primary N) is 1. The van der Waals surface area contributed by atoms with Gasteiger partial charge in [0, 0.05) is 27.8 Å². The fourth-order valence-electron chi connectivity index (χ4n) is 2.96. The van der Waals surface area contributed by atoms with Crippen molar-refractivity contribution < 1.29 is 13.2 Å². The number of nitrogens with zero attached hydrogens (tertiary/aromatic N) is 3. The topological polar surface area (TPSA) is 100 Å². The number of hydrogen-bond acceptors (Lipinski definition) is 6. The first-order valence-corrected chi connectivity index (χ1v) is 10.4.